The molecule has 0 aromatic heterocycles. The summed E-state index contributed by atoms with van der Waals surface area (Å²) in [6.07, 6.45) is 0. The number of anilines is 2. The smallest absolute Gasteiger partial charge is 0.128 e. The summed E-state index contributed by atoms with van der Waals surface area (Å²) < 4.78 is 26.1. The standard InChI is InChI=1S/C16H17F2N/c1-16(2,3)11-4-6-14(7-5-11)19-15-9-12(17)8-13(18)10-15/h4-10,19H,1-3H3. The molecule has 1 nitrogen and oxygen atoms in total. The van der Waals surface area contributed by atoms with Crippen LogP contribution < -0.4 is 5.32 Å². The van der Waals surface area contributed by atoms with E-state index in [9.17, 15) is 8.78 Å². The molecule has 0 aliphatic carbocycles. The highest BCUT2D eigenvalue weighted by atomic mass is 19.1. The van der Waals surface area contributed by atoms with Gasteiger partial charge in [0.1, 0.15) is 11.6 Å². The van der Waals surface area contributed by atoms with Gasteiger partial charge in [0, 0.05) is 17.4 Å². The molecule has 100 valence electrons. The predicted octanol–water partition coefficient (Wildman–Crippen LogP) is 5.01. The summed E-state index contributed by atoms with van der Waals surface area (Å²) in [4.78, 5) is 0. The van der Waals surface area contributed by atoms with Gasteiger partial charge in [0.05, 0.1) is 0 Å². The van der Waals surface area contributed by atoms with Crippen molar-refractivity contribution in [3.8, 4) is 0 Å². The fourth-order valence-corrected chi connectivity index (χ4v) is 1.85. The van der Waals surface area contributed by atoms with Crippen LogP contribution in [0.2, 0.25) is 0 Å². The number of nitrogens with one attached hydrogen (secondary N) is 1. The molecule has 0 unspecified atom stereocenters. The van der Waals surface area contributed by atoms with Gasteiger partial charge in [-0.2, -0.15) is 0 Å². The monoisotopic (exact) mass is 261 g/mol. The van der Waals surface area contributed by atoms with Crippen LogP contribution in [0.4, 0.5) is 20.2 Å². The zero-order valence-corrected chi connectivity index (χ0v) is 11.3. The average Bonchev–Trinajstić information content (AvgIpc) is 2.26. The Hall–Kier alpha value is -1.90. The Bertz CT molecular complexity index is 548. The van der Waals surface area contributed by atoms with Crippen molar-refractivity contribution in [2.45, 2.75) is 26.2 Å². The van der Waals surface area contributed by atoms with Gasteiger partial charge < -0.3 is 5.32 Å². The van der Waals surface area contributed by atoms with Gasteiger partial charge >= 0.3 is 0 Å². The first-order valence-electron chi connectivity index (χ1n) is 6.18. The first-order valence-corrected chi connectivity index (χ1v) is 6.18. The number of benzene rings is 2. The van der Waals surface area contributed by atoms with Crippen LogP contribution in [0, 0.1) is 11.6 Å². The molecule has 0 saturated heterocycles. The van der Waals surface area contributed by atoms with Crippen LogP contribution in [0.5, 0.6) is 0 Å². The Balaban J connectivity index is 2.20. The molecule has 0 aliphatic heterocycles. The molecular formula is C16H17F2N. The molecular weight excluding hydrogens is 244 g/mol. The van der Waals surface area contributed by atoms with E-state index in [1.807, 2.05) is 24.3 Å². The number of halogens is 2. The van der Waals surface area contributed by atoms with E-state index in [0.717, 1.165) is 11.8 Å². The number of hydrogen-bond donors (Lipinski definition) is 1. The summed E-state index contributed by atoms with van der Waals surface area (Å²) in [6.45, 7) is 6.41. The zero-order valence-electron chi connectivity index (χ0n) is 11.3. The molecule has 2 aromatic carbocycles. The quantitative estimate of drug-likeness (QED) is 0.801. The lowest BCUT2D eigenvalue weighted by atomic mass is 9.87. The Morgan fingerprint density at radius 2 is 1.32 bits per heavy atom. The third-order valence-corrected chi connectivity index (χ3v) is 2.90. The SMILES string of the molecule is CC(C)(C)c1ccc(Nc2cc(F)cc(F)c2)cc1. The highest BCUT2D eigenvalue weighted by Crippen LogP contribution is 2.25. The van der Waals surface area contributed by atoms with Crippen molar-refractivity contribution in [1.82, 2.24) is 0 Å². The molecule has 0 saturated carbocycles. The Kier molecular flexibility index (Phi) is 3.56. The Morgan fingerprint density at radius 1 is 0.789 bits per heavy atom. The molecule has 0 radical (unpaired) electrons. The van der Waals surface area contributed by atoms with Gasteiger partial charge in [0.15, 0.2) is 0 Å². The van der Waals surface area contributed by atoms with Crippen molar-refractivity contribution >= 4 is 11.4 Å². The summed E-state index contributed by atoms with van der Waals surface area (Å²) in [5.74, 6) is -1.18. The fourth-order valence-electron chi connectivity index (χ4n) is 1.85. The van der Waals surface area contributed by atoms with Gasteiger partial charge in [-0.25, -0.2) is 8.78 Å². The van der Waals surface area contributed by atoms with Gasteiger partial charge in [-0.1, -0.05) is 32.9 Å². The zero-order chi connectivity index (χ0) is 14.0. The van der Waals surface area contributed by atoms with E-state index in [1.54, 1.807) is 0 Å². The minimum absolute atomic E-state index is 0.0868. The lowest BCUT2D eigenvalue weighted by Gasteiger charge is -2.19. The highest BCUT2D eigenvalue weighted by molar-refractivity contribution is 5.60. The van der Waals surface area contributed by atoms with Gasteiger partial charge in [-0.05, 0) is 35.2 Å². The normalized spacial score (nSPS) is 11.4. The van der Waals surface area contributed by atoms with Crippen molar-refractivity contribution < 1.29 is 8.78 Å². The summed E-state index contributed by atoms with van der Waals surface area (Å²) in [7, 11) is 0. The minimum Gasteiger partial charge on any atom is -0.355 e. The number of rotatable bonds is 2. The molecule has 0 amide bonds. The van der Waals surface area contributed by atoms with Crippen LogP contribution >= 0.6 is 0 Å². The van der Waals surface area contributed by atoms with Crippen LogP contribution in [0.1, 0.15) is 26.3 Å². The molecule has 0 aliphatic rings. The second kappa shape index (κ2) is 5.00. The average molecular weight is 261 g/mol. The molecule has 0 fully saturated rings. The molecule has 19 heavy (non-hydrogen) atoms. The van der Waals surface area contributed by atoms with E-state index in [2.05, 4.69) is 26.1 Å². The van der Waals surface area contributed by atoms with Crippen LogP contribution in [0.3, 0.4) is 0 Å². The molecule has 3 heteroatoms. The number of hydrogen-bond acceptors (Lipinski definition) is 1. The summed E-state index contributed by atoms with van der Waals surface area (Å²) in [5.41, 5.74) is 2.51. The lowest BCUT2D eigenvalue weighted by Crippen LogP contribution is -2.10. The summed E-state index contributed by atoms with van der Waals surface area (Å²) >= 11 is 0. The van der Waals surface area contributed by atoms with Gasteiger partial charge in [0.2, 0.25) is 0 Å². The van der Waals surface area contributed by atoms with E-state index < -0.39 is 11.6 Å². The maximum atomic E-state index is 13.1. The van der Waals surface area contributed by atoms with Crippen molar-refractivity contribution in [2.75, 3.05) is 5.32 Å². The third kappa shape index (κ3) is 3.53. The largest absolute Gasteiger partial charge is 0.355 e. The van der Waals surface area contributed by atoms with Gasteiger partial charge in [-0.3, -0.25) is 0 Å². The first kappa shape index (κ1) is 13.5. The van der Waals surface area contributed by atoms with E-state index in [4.69, 9.17) is 0 Å². The van der Waals surface area contributed by atoms with Crippen LogP contribution in [0.15, 0.2) is 42.5 Å². The second-order valence-corrected chi connectivity index (χ2v) is 5.61. The Morgan fingerprint density at radius 3 is 1.79 bits per heavy atom. The second-order valence-electron chi connectivity index (χ2n) is 5.61. The molecule has 0 heterocycles. The predicted molar refractivity (Wildman–Crippen MR) is 74.8 cm³/mol. The molecule has 0 bridgehead atoms. The summed E-state index contributed by atoms with van der Waals surface area (Å²) in [5, 5.41) is 2.98. The van der Waals surface area contributed by atoms with Crippen LogP contribution in [-0.2, 0) is 5.41 Å². The van der Waals surface area contributed by atoms with E-state index >= 15 is 0 Å². The van der Waals surface area contributed by atoms with Crippen LogP contribution in [0.25, 0.3) is 0 Å². The molecule has 2 rings (SSSR count). The molecule has 2 aromatic rings. The van der Waals surface area contributed by atoms with Gasteiger partial charge in [0.25, 0.3) is 0 Å². The molecule has 0 spiro atoms. The Labute approximate surface area is 112 Å². The van der Waals surface area contributed by atoms with Crippen LogP contribution in [-0.4, -0.2) is 0 Å². The van der Waals surface area contributed by atoms with Gasteiger partial charge in [-0.15, -0.1) is 0 Å². The van der Waals surface area contributed by atoms with Crippen molar-refractivity contribution in [1.29, 1.82) is 0 Å². The van der Waals surface area contributed by atoms with Crippen molar-refractivity contribution in [2.24, 2.45) is 0 Å². The topological polar surface area (TPSA) is 12.0 Å². The highest BCUT2D eigenvalue weighted by Gasteiger charge is 2.12. The van der Waals surface area contributed by atoms with Crippen molar-refractivity contribution in [3.05, 3.63) is 59.7 Å². The van der Waals surface area contributed by atoms with Crippen molar-refractivity contribution in [3.63, 3.8) is 0 Å². The van der Waals surface area contributed by atoms with E-state index in [1.165, 1.54) is 17.7 Å². The molecule has 1 N–H and O–H groups in total. The van der Waals surface area contributed by atoms with E-state index in [-0.39, 0.29) is 5.41 Å². The minimum atomic E-state index is -0.589. The summed E-state index contributed by atoms with van der Waals surface area (Å²) in [6, 6.07) is 11.2. The third-order valence-electron chi connectivity index (χ3n) is 2.90. The molecule has 0 atom stereocenters. The van der Waals surface area contributed by atoms with E-state index in [0.29, 0.717) is 5.69 Å². The fraction of sp³-hybridized carbons (Fsp3) is 0.250. The maximum absolute atomic E-state index is 13.1. The maximum Gasteiger partial charge on any atom is 0.128 e. The first-order chi connectivity index (χ1) is 8.84. The lowest BCUT2D eigenvalue weighted by molar-refractivity contribution is 0.584.